The molecule has 1 aliphatic rings. The third-order valence-corrected chi connectivity index (χ3v) is 5.33. The highest BCUT2D eigenvalue weighted by atomic mass is 16.5. The fourth-order valence-corrected chi connectivity index (χ4v) is 3.87. The van der Waals surface area contributed by atoms with E-state index in [0.29, 0.717) is 13.2 Å². The lowest BCUT2D eigenvalue weighted by Crippen LogP contribution is -2.46. The van der Waals surface area contributed by atoms with Crippen molar-refractivity contribution in [2.24, 2.45) is 0 Å². The van der Waals surface area contributed by atoms with Crippen molar-refractivity contribution < 1.29 is 9.53 Å². The van der Waals surface area contributed by atoms with Gasteiger partial charge in [0, 0.05) is 13.1 Å². The third kappa shape index (κ3) is 4.73. The van der Waals surface area contributed by atoms with Crippen LogP contribution in [0.2, 0.25) is 0 Å². The highest BCUT2D eigenvalue weighted by molar-refractivity contribution is 5.84. The summed E-state index contributed by atoms with van der Waals surface area (Å²) in [5, 5.41) is 3.32. The summed E-state index contributed by atoms with van der Waals surface area (Å²) in [7, 11) is 0. The molecule has 1 heterocycles. The number of carbonyl (C=O) groups excluding carboxylic acids is 1. The Kier molecular flexibility index (Phi) is 6.35. The molecule has 1 N–H and O–H groups in total. The van der Waals surface area contributed by atoms with Crippen LogP contribution in [0, 0.1) is 0 Å². The number of hydrogen-bond acceptors (Lipinski definition) is 3. The number of benzene rings is 3. The molecular weight excluding hydrogens is 360 g/mol. The summed E-state index contributed by atoms with van der Waals surface area (Å²) < 4.78 is 5.51. The highest BCUT2D eigenvalue weighted by Crippen LogP contribution is 2.26. The van der Waals surface area contributed by atoms with E-state index in [1.165, 1.54) is 0 Å². The molecule has 0 radical (unpaired) electrons. The van der Waals surface area contributed by atoms with Crippen molar-refractivity contribution in [2.75, 3.05) is 26.3 Å². The average Bonchev–Trinajstić information content (AvgIpc) is 2.80. The van der Waals surface area contributed by atoms with Gasteiger partial charge in [-0.05, 0) is 16.7 Å². The molecule has 148 valence electrons. The predicted octanol–water partition coefficient (Wildman–Crippen LogP) is 3.97. The van der Waals surface area contributed by atoms with Crippen LogP contribution >= 0.6 is 0 Å². The summed E-state index contributed by atoms with van der Waals surface area (Å²) in [4.78, 5) is 15.8. The second kappa shape index (κ2) is 9.50. The van der Waals surface area contributed by atoms with Gasteiger partial charge in [-0.15, -0.1) is 0 Å². The zero-order chi connectivity index (χ0) is 19.9. The molecule has 3 aromatic carbocycles. The Labute approximate surface area is 172 Å². The largest absolute Gasteiger partial charge is 0.379 e. The van der Waals surface area contributed by atoms with Crippen LogP contribution in [0.15, 0.2) is 91.0 Å². The molecule has 1 fully saturated rings. The molecule has 1 aliphatic heterocycles. The molecule has 0 saturated carbocycles. The maximum absolute atomic E-state index is 13.6. The molecule has 1 saturated heterocycles. The van der Waals surface area contributed by atoms with Crippen LogP contribution in [0.1, 0.15) is 28.8 Å². The Morgan fingerprint density at radius 3 is 1.66 bits per heavy atom. The summed E-state index contributed by atoms with van der Waals surface area (Å²) >= 11 is 0. The fourth-order valence-electron chi connectivity index (χ4n) is 3.87. The quantitative estimate of drug-likeness (QED) is 0.697. The summed E-state index contributed by atoms with van der Waals surface area (Å²) in [6, 6.07) is 29.7. The van der Waals surface area contributed by atoms with Crippen LogP contribution in [0.4, 0.5) is 0 Å². The van der Waals surface area contributed by atoms with E-state index in [-0.39, 0.29) is 18.0 Å². The standard InChI is InChI=1S/C25H26N2O2/c28-25(24(22-14-8-3-9-15-22)27-16-18-29-19-17-27)26-23(20-10-4-1-5-11-20)21-12-6-2-7-13-21/h1-15,23-24H,16-19H2,(H,26,28)/t24-/m0/s1. The lowest BCUT2D eigenvalue weighted by atomic mass is 9.97. The van der Waals surface area contributed by atoms with Gasteiger partial charge in [0.05, 0.1) is 19.3 Å². The average molecular weight is 386 g/mol. The fraction of sp³-hybridized carbons (Fsp3) is 0.240. The number of nitrogens with one attached hydrogen (secondary N) is 1. The number of hydrogen-bond donors (Lipinski definition) is 1. The zero-order valence-corrected chi connectivity index (χ0v) is 16.4. The maximum atomic E-state index is 13.6. The monoisotopic (exact) mass is 386 g/mol. The number of rotatable bonds is 6. The second-order valence-corrected chi connectivity index (χ2v) is 7.22. The van der Waals surface area contributed by atoms with E-state index in [9.17, 15) is 4.79 Å². The van der Waals surface area contributed by atoms with Gasteiger partial charge in [-0.3, -0.25) is 9.69 Å². The molecular formula is C25H26N2O2. The molecule has 4 rings (SSSR count). The van der Waals surface area contributed by atoms with Crippen LogP contribution in [0.25, 0.3) is 0 Å². The van der Waals surface area contributed by atoms with Crippen molar-refractivity contribution in [3.8, 4) is 0 Å². The predicted molar refractivity (Wildman–Crippen MR) is 114 cm³/mol. The van der Waals surface area contributed by atoms with E-state index < -0.39 is 0 Å². The Morgan fingerprint density at radius 1 is 0.724 bits per heavy atom. The van der Waals surface area contributed by atoms with Crippen molar-refractivity contribution in [3.63, 3.8) is 0 Å². The van der Waals surface area contributed by atoms with Crippen molar-refractivity contribution in [3.05, 3.63) is 108 Å². The van der Waals surface area contributed by atoms with Crippen LogP contribution in [0.5, 0.6) is 0 Å². The van der Waals surface area contributed by atoms with Crippen LogP contribution in [-0.4, -0.2) is 37.1 Å². The molecule has 29 heavy (non-hydrogen) atoms. The van der Waals surface area contributed by atoms with Gasteiger partial charge in [-0.1, -0.05) is 91.0 Å². The number of carbonyl (C=O) groups is 1. The minimum atomic E-state index is -0.338. The van der Waals surface area contributed by atoms with Crippen molar-refractivity contribution in [1.29, 1.82) is 0 Å². The lowest BCUT2D eigenvalue weighted by Gasteiger charge is -2.35. The van der Waals surface area contributed by atoms with E-state index in [2.05, 4.69) is 34.5 Å². The van der Waals surface area contributed by atoms with Gasteiger partial charge < -0.3 is 10.1 Å². The topological polar surface area (TPSA) is 41.6 Å². The number of ether oxygens (including phenoxy) is 1. The normalized spacial score (nSPS) is 15.8. The summed E-state index contributed by atoms with van der Waals surface area (Å²) in [6.45, 7) is 2.79. The van der Waals surface area contributed by atoms with Gasteiger partial charge in [-0.2, -0.15) is 0 Å². The molecule has 1 amide bonds. The van der Waals surface area contributed by atoms with Crippen molar-refractivity contribution in [1.82, 2.24) is 10.2 Å². The molecule has 0 spiro atoms. The van der Waals surface area contributed by atoms with Crippen molar-refractivity contribution in [2.45, 2.75) is 12.1 Å². The van der Waals surface area contributed by atoms with Gasteiger partial charge in [0.25, 0.3) is 0 Å². The summed E-state index contributed by atoms with van der Waals surface area (Å²) in [6.07, 6.45) is 0. The molecule has 0 aromatic heterocycles. The van der Waals surface area contributed by atoms with Crippen molar-refractivity contribution >= 4 is 5.91 Å². The maximum Gasteiger partial charge on any atom is 0.242 e. The SMILES string of the molecule is O=C(NC(c1ccccc1)c1ccccc1)[C@H](c1ccccc1)N1CCOCC1. The summed E-state index contributed by atoms with van der Waals surface area (Å²) in [5.74, 6) is 0.0100. The van der Waals surface area contributed by atoms with E-state index in [0.717, 1.165) is 29.8 Å². The molecule has 3 aromatic rings. The minimum Gasteiger partial charge on any atom is -0.379 e. The number of nitrogens with zero attached hydrogens (tertiary/aromatic N) is 1. The van der Waals surface area contributed by atoms with E-state index >= 15 is 0 Å². The first-order valence-electron chi connectivity index (χ1n) is 10.1. The molecule has 0 unspecified atom stereocenters. The van der Waals surface area contributed by atoms with Crippen LogP contribution in [0.3, 0.4) is 0 Å². The lowest BCUT2D eigenvalue weighted by molar-refractivity contribution is -0.129. The molecule has 1 atom stereocenters. The van der Waals surface area contributed by atoms with Crippen LogP contribution < -0.4 is 5.32 Å². The summed E-state index contributed by atoms with van der Waals surface area (Å²) in [5.41, 5.74) is 3.15. The highest BCUT2D eigenvalue weighted by Gasteiger charge is 2.30. The van der Waals surface area contributed by atoms with E-state index in [4.69, 9.17) is 4.74 Å². The number of amides is 1. The molecule has 4 heteroatoms. The van der Waals surface area contributed by atoms with Gasteiger partial charge >= 0.3 is 0 Å². The molecule has 0 bridgehead atoms. The van der Waals surface area contributed by atoms with Crippen LogP contribution in [-0.2, 0) is 9.53 Å². The van der Waals surface area contributed by atoms with Gasteiger partial charge in [0.15, 0.2) is 0 Å². The number of morpholine rings is 1. The smallest absolute Gasteiger partial charge is 0.242 e. The first-order valence-corrected chi connectivity index (χ1v) is 10.1. The van der Waals surface area contributed by atoms with Gasteiger partial charge in [0.2, 0.25) is 5.91 Å². The second-order valence-electron chi connectivity index (χ2n) is 7.22. The first-order chi connectivity index (χ1) is 14.3. The third-order valence-electron chi connectivity index (χ3n) is 5.33. The van der Waals surface area contributed by atoms with E-state index in [1.54, 1.807) is 0 Å². The van der Waals surface area contributed by atoms with Gasteiger partial charge in [-0.25, -0.2) is 0 Å². The van der Waals surface area contributed by atoms with Gasteiger partial charge in [0.1, 0.15) is 6.04 Å². The Morgan fingerprint density at radius 2 is 1.17 bits per heavy atom. The molecule has 0 aliphatic carbocycles. The first kappa shape index (κ1) is 19.4. The Bertz CT molecular complexity index is 854. The zero-order valence-electron chi connectivity index (χ0n) is 16.4. The minimum absolute atomic E-state index is 0.0100. The Hall–Kier alpha value is -2.95. The van der Waals surface area contributed by atoms with E-state index in [1.807, 2.05) is 66.7 Å². The molecule has 4 nitrogen and oxygen atoms in total. The Balaban J connectivity index is 1.65.